The average Bonchev–Trinajstić information content (AvgIpc) is 2.57. The zero-order valence-corrected chi connectivity index (χ0v) is 15.2. The minimum Gasteiger partial charge on any atom is -0.457 e. The van der Waals surface area contributed by atoms with E-state index in [1.807, 2.05) is 36.4 Å². The summed E-state index contributed by atoms with van der Waals surface area (Å²) in [6.45, 7) is 4.06. The van der Waals surface area contributed by atoms with Gasteiger partial charge in [-0.25, -0.2) is 0 Å². The van der Waals surface area contributed by atoms with E-state index in [2.05, 4.69) is 33.5 Å². The van der Waals surface area contributed by atoms with E-state index in [4.69, 9.17) is 4.74 Å². The normalized spacial score (nSPS) is 20.4. The molecule has 5 heteroatoms. The minimum atomic E-state index is -0.0252. The van der Waals surface area contributed by atoms with E-state index in [1.165, 1.54) is 0 Å². The fourth-order valence-corrected chi connectivity index (χ4v) is 3.20. The topological polar surface area (TPSA) is 50.4 Å². The molecular formula is C19H21BrN2O2. The van der Waals surface area contributed by atoms with Crippen molar-refractivity contribution in [1.29, 1.82) is 0 Å². The van der Waals surface area contributed by atoms with E-state index in [0.29, 0.717) is 17.2 Å². The van der Waals surface area contributed by atoms with Gasteiger partial charge >= 0.3 is 0 Å². The van der Waals surface area contributed by atoms with Crippen LogP contribution in [0.3, 0.4) is 0 Å². The van der Waals surface area contributed by atoms with Gasteiger partial charge in [-0.05, 0) is 67.9 Å². The summed E-state index contributed by atoms with van der Waals surface area (Å²) in [6.07, 6.45) is 0.969. The number of carbonyl (C=O) groups is 1. The van der Waals surface area contributed by atoms with Crippen LogP contribution in [0.25, 0.3) is 0 Å². The molecule has 0 aromatic heterocycles. The number of amides is 1. The van der Waals surface area contributed by atoms with Crippen LogP contribution < -0.4 is 15.4 Å². The van der Waals surface area contributed by atoms with Crippen LogP contribution >= 0.6 is 15.9 Å². The molecule has 2 N–H and O–H groups in total. The molecule has 1 fully saturated rings. The van der Waals surface area contributed by atoms with Gasteiger partial charge in [0.15, 0.2) is 0 Å². The van der Waals surface area contributed by atoms with Crippen molar-refractivity contribution in [1.82, 2.24) is 10.6 Å². The Labute approximate surface area is 150 Å². The minimum absolute atomic E-state index is 0.0252. The van der Waals surface area contributed by atoms with Gasteiger partial charge in [-0.15, -0.1) is 0 Å². The number of halogens is 1. The van der Waals surface area contributed by atoms with Gasteiger partial charge in [-0.2, -0.15) is 0 Å². The van der Waals surface area contributed by atoms with Crippen molar-refractivity contribution in [3.05, 3.63) is 58.6 Å². The first-order valence-corrected chi connectivity index (χ1v) is 8.96. The number of carbonyl (C=O) groups excluding carboxylic acids is 1. The van der Waals surface area contributed by atoms with Crippen molar-refractivity contribution in [3.63, 3.8) is 0 Å². The highest BCUT2D eigenvalue weighted by atomic mass is 79.9. The highest BCUT2D eigenvalue weighted by Crippen LogP contribution is 2.24. The predicted molar refractivity (Wildman–Crippen MR) is 98.6 cm³/mol. The molecule has 1 aliphatic rings. The molecule has 24 heavy (non-hydrogen) atoms. The van der Waals surface area contributed by atoms with E-state index in [9.17, 15) is 4.79 Å². The first-order valence-electron chi connectivity index (χ1n) is 8.17. The Hall–Kier alpha value is -1.85. The second kappa shape index (κ2) is 7.81. The fraction of sp³-hybridized carbons (Fsp3) is 0.316. The molecule has 2 atom stereocenters. The van der Waals surface area contributed by atoms with E-state index in [1.54, 1.807) is 12.1 Å². The summed E-state index contributed by atoms with van der Waals surface area (Å²) in [7, 11) is 0. The highest BCUT2D eigenvalue weighted by Gasteiger charge is 2.22. The van der Waals surface area contributed by atoms with Crippen molar-refractivity contribution in [3.8, 4) is 11.5 Å². The van der Waals surface area contributed by atoms with Crippen molar-refractivity contribution in [2.75, 3.05) is 13.1 Å². The standard InChI is InChI=1S/C19H21BrN2O2/c1-13-12-21-10-9-18(13)22-19(23)14-5-7-16(8-6-14)24-17-4-2-3-15(20)11-17/h2-8,11,13,18,21H,9-10,12H2,1H3,(H,22,23). The first-order chi connectivity index (χ1) is 11.6. The molecule has 0 spiro atoms. The Bertz CT molecular complexity index is 703. The molecule has 0 bridgehead atoms. The van der Waals surface area contributed by atoms with Crippen LogP contribution in [0.5, 0.6) is 11.5 Å². The van der Waals surface area contributed by atoms with Crippen LogP contribution in [-0.4, -0.2) is 25.0 Å². The van der Waals surface area contributed by atoms with Crippen LogP contribution in [0.1, 0.15) is 23.7 Å². The van der Waals surface area contributed by atoms with E-state index in [0.717, 1.165) is 29.7 Å². The zero-order chi connectivity index (χ0) is 16.9. The van der Waals surface area contributed by atoms with E-state index < -0.39 is 0 Å². The summed E-state index contributed by atoms with van der Waals surface area (Å²) >= 11 is 3.42. The molecule has 1 amide bonds. The van der Waals surface area contributed by atoms with Gasteiger partial charge in [0.2, 0.25) is 0 Å². The van der Waals surface area contributed by atoms with Crippen LogP contribution in [0.15, 0.2) is 53.0 Å². The molecule has 0 radical (unpaired) electrons. The number of piperidine rings is 1. The molecule has 1 saturated heterocycles. The quantitative estimate of drug-likeness (QED) is 0.832. The van der Waals surface area contributed by atoms with Crippen LogP contribution in [0, 0.1) is 5.92 Å². The van der Waals surface area contributed by atoms with Gasteiger partial charge in [0, 0.05) is 16.1 Å². The Balaban J connectivity index is 1.62. The van der Waals surface area contributed by atoms with Crippen molar-refractivity contribution in [2.24, 2.45) is 5.92 Å². The number of hydrogen-bond acceptors (Lipinski definition) is 3. The number of ether oxygens (including phenoxy) is 1. The summed E-state index contributed by atoms with van der Waals surface area (Å²) in [4.78, 5) is 12.4. The molecule has 4 nitrogen and oxygen atoms in total. The summed E-state index contributed by atoms with van der Waals surface area (Å²) in [5.74, 6) is 1.88. The number of nitrogens with one attached hydrogen (secondary N) is 2. The summed E-state index contributed by atoms with van der Waals surface area (Å²) in [5, 5.41) is 6.48. The predicted octanol–water partition coefficient (Wildman–Crippen LogP) is 3.97. The maximum Gasteiger partial charge on any atom is 0.251 e. The van der Waals surface area contributed by atoms with Gasteiger partial charge in [0.25, 0.3) is 5.91 Å². The largest absolute Gasteiger partial charge is 0.457 e. The SMILES string of the molecule is CC1CNCCC1NC(=O)c1ccc(Oc2cccc(Br)c2)cc1. The second-order valence-corrected chi connectivity index (χ2v) is 7.05. The van der Waals surface area contributed by atoms with Gasteiger partial charge in [-0.3, -0.25) is 4.79 Å². The van der Waals surface area contributed by atoms with Gasteiger partial charge < -0.3 is 15.4 Å². The average molecular weight is 389 g/mol. The highest BCUT2D eigenvalue weighted by molar-refractivity contribution is 9.10. The molecule has 2 aromatic carbocycles. The smallest absolute Gasteiger partial charge is 0.251 e. The maximum atomic E-state index is 12.4. The summed E-state index contributed by atoms with van der Waals surface area (Å²) in [5.41, 5.74) is 0.655. The Morgan fingerprint density at radius 2 is 2.00 bits per heavy atom. The molecule has 3 rings (SSSR count). The maximum absolute atomic E-state index is 12.4. The summed E-state index contributed by atoms with van der Waals surface area (Å²) < 4.78 is 6.76. The number of benzene rings is 2. The van der Waals surface area contributed by atoms with Gasteiger partial charge in [0.05, 0.1) is 0 Å². The summed E-state index contributed by atoms with van der Waals surface area (Å²) in [6, 6.07) is 15.1. The van der Waals surface area contributed by atoms with Crippen molar-refractivity contribution in [2.45, 2.75) is 19.4 Å². The molecule has 0 aliphatic carbocycles. The molecule has 0 saturated carbocycles. The monoisotopic (exact) mass is 388 g/mol. The number of rotatable bonds is 4. The second-order valence-electron chi connectivity index (χ2n) is 6.13. The van der Waals surface area contributed by atoms with E-state index in [-0.39, 0.29) is 11.9 Å². The first kappa shape index (κ1) is 17.0. The molecule has 2 aromatic rings. The molecule has 1 aliphatic heterocycles. The lowest BCUT2D eigenvalue weighted by atomic mass is 9.95. The van der Waals surface area contributed by atoms with Gasteiger partial charge in [0.1, 0.15) is 11.5 Å². The molecule has 1 heterocycles. The van der Waals surface area contributed by atoms with Gasteiger partial charge in [-0.1, -0.05) is 28.9 Å². The zero-order valence-electron chi connectivity index (χ0n) is 13.6. The van der Waals surface area contributed by atoms with E-state index >= 15 is 0 Å². The Kier molecular flexibility index (Phi) is 5.53. The van der Waals surface area contributed by atoms with Crippen LogP contribution in [-0.2, 0) is 0 Å². The van der Waals surface area contributed by atoms with Crippen LogP contribution in [0.4, 0.5) is 0 Å². The third-order valence-corrected chi connectivity index (χ3v) is 4.74. The molecular weight excluding hydrogens is 368 g/mol. The van der Waals surface area contributed by atoms with Crippen LogP contribution in [0.2, 0.25) is 0 Å². The Morgan fingerprint density at radius 1 is 1.21 bits per heavy atom. The van der Waals surface area contributed by atoms with Crippen molar-refractivity contribution >= 4 is 21.8 Å². The molecule has 2 unspecified atom stereocenters. The van der Waals surface area contributed by atoms with Crippen molar-refractivity contribution < 1.29 is 9.53 Å². The Morgan fingerprint density at radius 3 is 2.71 bits per heavy atom. The third kappa shape index (κ3) is 4.36. The lowest BCUT2D eigenvalue weighted by Gasteiger charge is -2.30. The third-order valence-electron chi connectivity index (χ3n) is 4.25. The molecule has 126 valence electrons. The lowest BCUT2D eigenvalue weighted by molar-refractivity contribution is 0.0914. The lowest BCUT2D eigenvalue weighted by Crippen LogP contribution is -2.48. The fourth-order valence-electron chi connectivity index (χ4n) is 2.82. The number of hydrogen-bond donors (Lipinski definition) is 2.